The lowest BCUT2D eigenvalue weighted by atomic mass is 10.2. The van der Waals surface area contributed by atoms with E-state index < -0.39 is 0 Å². The van der Waals surface area contributed by atoms with E-state index in [9.17, 15) is 4.79 Å². The Bertz CT molecular complexity index is 324. The fourth-order valence-electron chi connectivity index (χ4n) is 1.29. The maximum atomic E-state index is 10.5. The van der Waals surface area contributed by atoms with Crippen molar-refractivity contribution in [2.24, 2.45) is 0 Å². The molecule has 1 N–H and O–H groups in total. The fourth-order valence-corrected chi connectivity index (χ4v) is 1.43. The van der Waals surface area contributed by atoms with Gasteiger partial charge in [0.05, 0.1) is 0 Å². The van der Waals surface area contributed by atoms with Gasteiger partial charge in [0.15, 0.2) is 0 Å². The van der Waals surface area contributed by atoms with Gasteiger partial charge in [0.2, 0.25) is 5.24 Å². The summed E-state index contributed by atoms with van der Waals surface area (Å²) in [6.07, 6.45) is 1.13. The van der Waals surface area contributed by atoms with Gasteiger partial charge in [-0.05, 0) is 42.3 Å². The van der Waals surface area contributed by atoms with E-state index in [0.717, 1.165) is 18.7 Å². The number of rotatable bonds is 5. The summed E-state index contributed by atoms with van der Waals surface area (Å²) in [4.78, 5) is 12.5. The van der Waals surface area contributed by atoms with Crippen LogP contribution in [0.25, 0.3) is 0 Å². The summed E-state index contributed by atoms with van der Waals surface area (Å²) in [6, 6.07) is 6.94. The highest BCUT2D eigenvalue weighted by Gasteiger charge is 2.02. The number of anilines is 1. The third kappa shape index (κ3) is 4.21. The molecule has 0 aromatic heterocycles. The highest BCUT2D eigenvalue weighted by molar-refractivity contribution is 6.63. The average Bonchev–Trinajstić information content (AvgIpc) is 2.18. The van der Waals surface area contributed by atoms with E-state index >= 15 is 0 Å². The molecule has 3 nitrogen and oxygen atoms in total. The minimum Gasteiger partial charge on any atom is -0.508 e. The van der Waals surface area contributed by atoms with Gasteiger partial charge in [-0.3, -0.25) is 4.79 Å². The Hall–Kier alpha value is -1.22. The molecule has 0 saturated carbocycles. The molecule has 0 spiro atoms. The number of carbonyl (C=O) groups is 1. The Morgan fingerprint density at radius 2 is 2.00 bits per heavy atom. The van der Waals surface area contributed by atoms with Gasteiger partial charge in [0.1, 0.15) is 5.75 Å². The Morgan fingerprint density at radius 3 is 2.53 bits per heavy atom. The summed E-state index contributed by atoms with van der Waals surface area (Å²) >= 11 is 5.24. The summed E-state index contributed by atoms with van der Waals surface area (Å²) in [6.45, 7) is 0.767. The molecule has 0 amide bonds. The van der Waals surface area contributed by atoms with E-state index in [4.69, 9.17) is 16.7 Å². The number of hydrogen-bond acceptors (Lipinski definition) is 3. The zero-order valence-electron chi connectivity index (χ0n) is 8.61. The quantitative estimate of drug-likeness (QED) is 0.786. The highest BCUT2D eigenvalue weighted by Crippen LogP contribution is 2.17. The molecular formula is C11H14ClNO2. The lowest BCUT2D eigenvalue weighted by Gasteiger charge is -2.18. The van der Waals surface area contributed by atoms with Gasteiger partial charge in [-0.1, -0.05) is 0 Å². The summed E-state index contributed by atoms with van der Waals surface area (Å²) in [5.41, 5.74) is 1.01. The van der Waals surface area contributed by atoms with Crippen LogP contribution < -0.4 is 4.90 Å². The van der Waals surface area contributed by atoms with Crippen molar-refractivity contribution in [1.82, 2.24) is 0 Å². The van der Waals surface area contributed by atoms with Gasteiger partial charge in [0.25, 0.3) is 0 Å². The van der Waals surface area contributed by atoms with E-state index in [1.807, 2.05) is 24.1 Å². The van der Waals surface area contributed by atoms with Gasteiger partial charge in [-0.15, -0.1) is 0 Å². The maximum Gasteiger partial charge on any atom is 0.221 e. The van der Waals surface area contributed by atoms with Crippen LogP contribution in [0.15, 0.2) is 24.3 Å². The summed E-state index contributed by atoms with van der Waals surface area (Å²) in [7, 11) is 1.94. The molecule has 15 heavy (non-hydrogen) atoms. The van der Waals surface area contributed by atoms with E-state index in [0.29, 0.717) is 6.42 Å². The molecule has 1 aromatic carbocycles. The average molecular weight is 228 g/mol. The number of halogens is 1. The fraction of sp³-hybridized carbons (Fsp3) is 0.364. The maximum absolute atomic E-state index is 10.5. The van der Waals surface area contributed by atoms with Crippen molar-refractivity contribution in [2.45, 2.75) is 12.8 Å². The third-order valence-corrected chi connectivity index (χ3v) is 2.35. The number of phenols is 1. The monoisotopic (exact) mass is 227 g/mol. The van der Waals surface area contributed by atoms with Gasteiger partial charge in [-0.2, -0.15) is 0 Å². The van der Waals surface area contributed by atoms with E-state index in [1.165, 1.54) is 0 Å². The lowest BCUT2D eigenvalue weighted by Crippen LogP contribution is -2.18. The SMILES string of the molecule is CN(CCCC(=O)Cl)c1ccc(O)cc1. The minimum absolute atomic E-state index is 0.253. The topological polar surface area (TPSA) is 40.5 Å². The third-order valence-electron chi connectivity index (χ3n) is 2.16. The second-order valence-corrected chi connectivity index (χ2v) is 3.82. The second-order valence-electron chi connectivity index (χ2n) is 3.40. The Balaban J connectivity index is 2.43. The number of hydrogen-bond donors (Lipinski definition) is 1. The van der Waals surface area contributed by atoms with Crippen LogP contribution >= 0.6 is 11.6 Å². The van der Waals surface area contributed by atoms with Gasteiger partial charge in [0, 0.05) is 25.7 Å². The van der Waals surface area contributed by atoms with Gasteiger partial charge < -0.3 is 10.0 Å². The number of carbonyl (C=O) groups excluding carboxylic acids is 1. The highest BCUT2D eigenvalue weighted by atomic mass is 35.5. The largest absolute Gasteiger partial charge is 0.508 e. The molecule has 0 saturated heterocycles. The smallest absolute Gasteiger partial charge is 0.221 e. The Morgan fingerprint density at radius 1 is 1.40 bits per heavy atom. The van der Waals surface area contributed by atoms with E-state index in [-0.39, 0.29) is 11.0 Å². The predicted octanol–water partition coefficient (Wildman–Crippen LogP) is 2.37. The molecule has 1 rings (SSSR count). The predicted molar refractivity (Wildman–Crippen MR) is 61.5 cm³/mol. The van der Waals surface area contributed by atoms with Crippen LogP contribution in [-0.2, 0) is 4.79 Å². The van der Waals surface area contributed by atoms with Crippen molar-refractivity contribution >= 4 is 22.5 Å². The summed E-state index contributed by atoms with van der Waals surface area (Å²) in [5.74, 6) is 0.253. The standard InChI is InChI=1S/C11H14ClNO2/c1-13(8-2-3-11(12)15)9-4-6-10(14)7-5-9/h4-7,14H,2-3,8H2,1H3. The molecule has 0 radical (unpaired) electrons. The van der Waals surface area contributed by atoms with E-state index in [2.05, 4.69) is 0 Å². The normalized spacial score (nSPS) is 10.0. The van der Waals surface area contributed by atoms with Crippen molar-refractivity contribution < 1.29 is 9.90 Å². The number of benzene rings is 1. The first-order valence-corrected chi connectivity index (χ1v) is 5.16. The van der Waals surface area contributed by atoms with E-state index in [1.54, 1.807) is 12.1 Å². The van der Waals surface area contributed by atoms with Gasteiger partial charge in [-0.25, -0.2) is 0 Å². The Kier molecular flexibility index (Phi) is 4.43. The lowest BCUT2D eigenvalue weighted by molar-refractivity contribution is -0.111. The van der Waals surface area contributed by atoms with Crippen molar-refractivity contribution in [3.8, 4) is 5.75 Å². The first-order chi connectivity index (χ1) is 7.09. The zero-order valence-corrected chi connectivity index (χ0v) is 9.37. The molecule has 4 heteroatoms. The van der Waals surface area contributed by atoms with Crippen LogP contribution in [0, 0.1) is 0 Å². The second kappa shape index (κ2) is 5.61. The molecule has 0 fully saturated rings. The first-order valence-electron chi connectivity index (χ1n) is 4.78. The molecular weight excluding hydrogens is 214 g/mol. The molecule has 0 unspecified atom stereocenters. The summed E-state index contributed by atoms with van der Waals surface area (Å²) < 4.78 is 0. The van der Waals surface area contributed by atoms with Crippen molar-refractivity contribution in [3.05, 3.63) is 24.3 Å². The molecule has 0 aliphatic carbocycles. The number of aromatic hydroxyl groups is 1. The van der Waals surface area contributed by atoms with Crippen molar-refractivity contribution in [2.75, 3.05) is 18.5 Å². The molecule has 0 aliphatic rings. The van der Waals surface area contributed by atoms with Crippen LogP contribution in [0.1, 0.15) is 12.8 Å². The number of phenolic OH excluding ortho intramolecular Hbond substituents is 1. The van der Waals surface area contributed by atoms with Crippen LogP contribution in [0.3, 0.4) is 0 Å². The van der Waals surface area contributed by atoms with Crippen LogP contribution in [0.2, 0.25) is 0 Å². The molecule has 0 aliphatic heterocycles. The van der Waals surface area contributed by atoms with Crippen molar-refractivity contribution in [1.29, 1.82) is 0 Å². The minimum atomic E-state index is -0.297. The summed E-state index contributed by atoms with van der Waals surface area (Å²) in [5, 5.41) is 8.81. The zero-order chi connectivity index (χ0) is 11.3. The van der Waals surface area contributed by atoms with Crippen molar-refractivity contribution in [3.63, 3.8) is 0 Å². The molecule has 1 aromatic rings. The molecule has 0 bridgehead atoms. The van der Waals surface area contributed by atoms with Crippen LogP contribution in [0.5, 0.6) is 5.75 Å². The number of nitrogens with zero attached hydrogens (tertiary/aromatic N) is 1. The molecule has 0 atom stereocenters. The molecule has 0 heterocycles. The Labute approximate surface area is 94.3 Å². The van der Waals surface area contributed by atoms with Crippen LogP contribution in [-0.4, -0.2) is 23.9 Å². The molecule has 82 valence electrons. The van der Waals surface area contributed by atoms with Crippen LogP contribution in [0.4, 0.5) is 5.69 Å². The van der Waals surface area contributed by atoms with Gasteiger partial charge >= 0.3 is 0 Å². The first kappa shape index (κ1) is 11.9.